The number of amides is 1. The Morgan fingerprint density at radius 1 is 1.23 bits per heavy atom. The van der Waals surface area contributed by atoms with Crippen LogP contribution >= 0.6 is 27.5 Å². The van der Waals surface area contributed by atoms with E-state index in [0.717, 1.165) is 31.5 Å². The number of aryl methyl sites for hydroxylation is 1. The number of aliphatic hydroxyl groups excluding tert-OH is 1. The smallest absolute Gasteiger partial charge is 0.224 e. The first-order chi connectivity index (χ1) is 14.5. The Bertz CT molecular complexity index is 901. The van der Waals surface area contributed by atoms with Crippen molar-refractivity contribution < 1.29 is 14.6 Å². The maximum Gasteiger partial charge on any atom is 0.224 e. The van der Waals surface area contributed by atoms with E-state index in [-0.39, 0.29) is 12.5 Å². The minimum atomic E-state index is -0.619. The van der Waals surface area contributed by atoms with Gasteiger partial charge in [-0.25, -0.2) is 0 Å². The summed E-state index contributed by atoms with van der Waals surface area (Å²) < 4.78 is 6.49. The van der Waals surface area contributed by atoms with E-state index in [4.69, 9.17) is 16.3 Å². The van der Waals surface area contributed by atoms with Gasteiger partial charge in [0, 0.05) is 13.0 Å². The number of nitrogens with zero attached hydrogens (tertiary/aromatic N) is 1. The molecule has 4 rings (SSSR count). The molecule has 2 heterocycles. The predicted octanol–water partition coefficient (Wildman–Crippen LogP) is 4.61. The zero-order valence-electron chi connectivity index (χ0n) is 16.7. The SMILES string of the molecule is O=C1CCc2cc(Cl)c(OCC(O)CN3CCC(c4ccccc4)CC3)c(Br)c2N1. The molecule has 0 radical (unpaired) electrons. The van der Waals surface area contributed by atoms with Crippen molar-refractivity contribution in [3.63, 3.8) is 0 Å². The number of halogens is 2. The molecule has 0 saturated carbocycles. The van der Waals surface area contributed by atoms with Gasteiger partial charge in [0.2, 0.25) is 5.91 Å². The van der Waals surface area contributed by atoms with Crippen LogP contribution < -0.4 is 10.1 Å². The lowest BCUT2D eigenvalue weighted by Crippen LogP contribution is -2.40. The van der Waals surface area contributed by atoms with Gasteiger partial charge in [0.15, 0.2) is 5.75 Å². The molecule has 0 aromatic heterocycles. The molecule has 2 aromatic carbocycles. The van der Waals surface area contributed by atoms with E-state index in [2.05, 4.69) is 56.5 Å². The van der Waals surface area contributed by atoms with Gasteiger partial charge >= 0.3 is 0 Å². The topological polar surface area (TPSA) is 61.8 Å². The number of hydrogen-bond donors (Lipinski definition) is 2. The second-order valence-electron chi connectivity index (χ2n) is 8.03. The number of nitrogens with one attached hydrogen (secondary N) is 1. The summed E-state index contributed by atoms with van der Waals surface area (Å²) in [5.41, 5.74) is 3.10. The quantitative estimate of drug-likeness (QED) is 0.617. The molecule has 0 aliphatic carbocycles. The first-order valence-electron chi connectivity index (χ1n) is 10.4. The van der Waals surface area contributed by atoms with E-state index in [9.17, 15) is 9.90 Å². The van der Waals surface area contributed by atoms with Crippen LogP contribution in [0.4, 0.5) is 5.69 Å². The normalized spacial score (nSPS) is 18.6. The highest BCUT2D eigenvalue weighted by Crippen LogP contribution is 2.43. The number of ether oxygens (including phenoxy) is 1. The largest absolute Gasteiger partial charge is 0.488 e. The zero-order valence-corrected chi connectivity index (χ0v) is 19.1. The number of fused-ring (bicyclic) bond motifs is 1. The van der Waals surface area contributed by atoms with Gasteiger partial charge in [0.1, 0.15) is 12.7 Å². The molecule has 0 spiro atoms. The summed E-state index contributed by atoms with van der Waals surface area (Å²) in [6, 6.07) is 12.5. The number of benzene rings is 2. The Kier molecular flexibility index (Phi) is 6.98. The van der Waals surface area contributed by atoms with Gasteiger partial charge in [0.25, 0.3) is 0 Å². The Balaban J connectivity index is 1.30. The molecule has 1 fully saturated rings. The molecular weight excluding hydrogens is 468 g/mol. The maximum atomic E-state index is 11.7. The first-order valence-corrected chi connectivity index (χ1v) is 11.6. The fourth-order valence-corrected chi connectivity index (χ4v) is 5.35. The van der Waals surface area contributed by atoms with Crippen molar-refractivity contribution in [2.75, 3.05) is 31.6 Å². The van der Waals surface area contributed by atoms with Gasteiger partial charge in [-0.1, -0.05) is 41.9 Å². The Hall–Kier alpha value is -1.60. The van der Waals surface area contributed by atoms with Crippen molar-refractivity contribution in [2.24, 2.45) is 0 Å². The van der Waals surface area contributed by atoms with Gasteiger partial charge in [-0.05, 0) is 71.4 Å². The van der Waals surface area contributed by atoms with Crippen LogP contribution in [0, 0.1) is 0 Å². The van der Waals surface area contributed by atoms with Crippen molar-refractivity contribution in [2.45, 2.75) is 37.7 Å². The van der Waals surface area contributed by atoms with Crippen molar-refractivity contribution in [3.8, 4) is 5.75 Å². The molecule has 2 aliphatic rings. The molecule has 2 aromatic rings. The fraction of sp³-hybridized carbons (Fsp3) is 0.435. The van der Waals surface area contributed by atoms with Crippen molar-refractivity contribution >= 4 is 39.1 Å². The summed E-state index contributed by atoms with van der Waals surface area (Å²) in [5, 5.41) is 13.9. The molecule has 30 heavy (non-hydrogen) atoms. The van der Waals surface area contributed by atoms with Crippen molar-refractivity contribution in [1.82, 2.24) is 4.90 Å². The summed E-state index contributed by atoms with van der Waals surface area (Å²) >= 11 is 9.90. The molecule has 1 amide bonds. The highest BCUT2D eigenvalue weighted by atomic mass is 79.9. The number of aliphatic hydroxyl groups is 1. The van der Waals surface area contributed by atoms with E-state index in [1.54, 1.807) is 0 Å². The number of β-amino-alcohol motifs (C(OH)–C–C–N with tert-alkyl or cyclic N) is 1. The van der Waals surface area contributed by atoms with Crippen LogP contribution in [0.25, 0.3) is 0 Å². The van der Waals surface area contributed by atoms with Crippen molar-refractivity contribution in [1.29, 1.82) is 0 Å². The summed E-state index contributed by atoms with van der Waals surface area (Å²) in [6.07, 6.45) is 2.68. The molecule has 5 nitrogen and oxygen atoms in total. The van der Waals surface area contributed by atoms with Gasteiger partial charge in [0.05, 0.1) is 15.2 Å². The van der Waals surface area contributed by atoms with Crippen LogP contribution in [0.5, 0.6) is 5.75 Å². The molecule has 7 heteroatoms. The van der Waals surface area contributed by atoms with E-state index >= 15 is 0 Å². The fourth-order valence-electron chi connectivity index (χ4n) is 4.27. The molecule has 2 N–H and O–H groups in total. The molecular formula is C23H26BrClN2O3. The zero-order chi connectivity index (χ0) is 21.1. The van der Waals surface area contributed by atoms with Gasteiger partial charge in [-0.15, -0.1) is 0 Å². The minimum Gasteiger partial charge on any atom is -0.488 e. The lowest BCUT2D eigenvalue weighted by atomic mass is 9.89. The molecule has 1 atom stereocenters. The van der Waals surface area contributed by atoms with Gasteiger partial charge in [-0.2, -0.15) is 0 Å². The Morgan fingerprint density at radius 3 is 2.70 bits per heavy atom. The predicted molar refractivity (Wildman–Crippen MR) is 122 cm³/mol. The summed E-state index contributed by atoms with van der Waals surface area (Å²) in [5.74, 6) is 1.03. The van der Waals surface area contributed by atoms with E-state index in [0.29, 0.717) is 46.2 Å². The van der Waals surface area contributed by atoms with E-state index < -0.39 is 6.10 Å². The number of piperidine rings is 1. The number of hydrogen-bond acceptors (Lipinski definition) is 4. The molecule has 1 unspecified atom stereocenters. The van der Waals surface area contributed by atoms with E-state index in [1.165, 1.54) is 5.56 Å². The number of carbonyl (C=O) groups excluding carboxylic acids is 1. The Labute approximate surface area is 190 Å². The molecule has 1 saturated heterocycles. The van der Waals surface area contributed by atoms with Crippen LogP contribution in [0.2, 0.25) is 5.02 Å². The average Bonchev–Trinajstić information content (AvgIpc) is 2.75. The maximum absolute atomic E-state index is 11.7. The minimum absolute atomic E-state index is 0.0181. The standard InChI is InChI=1S/C23H26BrClN2O3/c24-21-22-17(6-7-20(29)26-22)12-19(25)23(21)30-14-18(28)13-27-10-8-16(9-11-27)15-4-2-1-3-5-15/h1-5,12,16,18,28H,6-11,13-14H2,(H,26,29). The summed E-state index contributed by atoms with van der Waals surface area (Å²) in [4.78, 5) is 14.0. The molecule has 0 bridgehead atoms. The third kappa shape index (κ3) is 4.99. The van der Waals surface area contributed by atoms with Crippen LogP contribution in [-0.2, 0) is 11.2 Å². The van der Waals surface area contributed by atoms with Gasteiger partial charge in [-0.3, -0.25) is 4.79 Å². The second-order valence-corrected chi connectivity index (χ2v) is 9.23. The second kappa shape index (κ2) is 9.69. The first kappa shape index (κ1) is 21.6. The highest BCUT2D eigenvalue weighted by Gasteiger charge is 2.25. The number of rotatable bonds is 6. The van der Waals surface area contributed by atoms with Crippen LogP contribution in [-0.4, -0.2) is 48.3 Å². The van der Waals surface area contributed by atoms with E-state index in [1.807, 2.05) is 6.07 Å². The van der Waals surface area contributed by atoms with Crippen LogP contribution in [0.3, 0.4) is 0 Å². The third-order valence-corrected chi connectivity index (χ3v) is 6.93. The van der Waals surface area contributed by atoms with Crippen LogP contribution in [0.15, 0.2) is 40.9 Å². The highest BCUT2D eigenvalue weighted by molar-refractivity contribution is 9.10. The summed E-state index contributed by atoms with van der Waals surface area (Å²) in [6.45, 7) is 2.64. The Morgan fingerprint density at radius 2 is 1.97 bits per heavy atom. The monoisotopic (exact) mass is 492 g/mol. The number of likely N-dealkylation sites (tertiary alicyclic amines) is 1. The molecule has 2 aliphatic heterocycles. The number of anilines is 1. The number of carbonyl (C=O) groups is 1. The summed E-state index contributed by atoms with van der Waals surface area (Å²) in [7, 11) is 0. The van der Waals surface area contributed by atoms with Crippen LogP contribution in [0.1, 0.15) is 36.3 Å². The average molecular weight is 494 g/mol. The lowest BCUT2D eigenvalue weighted by molar-refractivity contribution is -0.116. The van der Waals surface area contributed by atoms with Crippen molar-refractivity contribution in [3.05, 3.63) is 57.0 Å². The van der Waals surface area contributed by atoms with Gasteiger partial charge < -0.3 is 20.1 Å². The third-order valence-electron chi connectivity index (χ3n) is 5.89. The molecule has 160 valence electrons. The lowest BCUT2D eigenvalue weighted by Gasteiger charge is -2.33.